The van der Waals surface area contributed by atoms with Gasteiger partial charge in [0.05, 0.1) is 11.1 Å². The largest absolute Gasteiger partial charge is 0.416 e. The van der Waals surface area contributed by atoms with Crippen LogP contribution in [0.5, 0.6) is 0 Å². The van der Waals surface area contributed by atoms with Gasteiger partial charge in [-0.25, -0.2) is 9.97 Å². The Hall–Kier alpha value is -4.88. The minimum Gasteiger partial charge on any atom is -0.369 e. The number of halogens is 3. The average molecular weight is 557 g/mol. The van der Waals surface area contributed by atoms with E-state index >= 15 is 0 Å². The predicted octanol–water partition coefficient (Wildman–Crippen LogP) is 5.64. The lowest BCUT2D eigenvalue weighted by molar-refractivity contribution is -0.137. The summed E-state index contributed by atoms with van der Waals surface area (Å²) >= 11 is 0. The number of rotatable bonds is 5. The third kappa shape index (κ3) is 7.41. The average Bonchev–Trinajstić information content (AvgIpc) is 2.98. The summed E-state index contributed by atoms with van der Waals surface area (Å²) in [6.07, 6.45) is -1.26. The van der Waals surface area contributed by atoms with Crippen LogP contribution in [-0.4, -0.2) is 54.0 Å². The second-order valence-corrected chi connectivity index (χ2v) is 9.62. The highest BCUT2D eigenvalue weighted by molar-refractivity contribution is 6.04. The number of alkyl halides is 3. The van der Waals surface area contributed by atoms with Gasteiger partial charge in [-0.1, -0.05) is 17.9 Å². The third-order valence-corrected chi connectivity index (χ3v) is 6.59. The molecule has 0 spiro atoms. The summed E-state index contributed by atoms with van der Waals surface area (Å²) < 4.78 is 38.8. The van der Waals surface area contributed by atoms with Crippen LogP contribution in [0.4, 0.5) is 36.2 Å². The molecule has 10 heteroatoms. The van der Waals surface area contributed by atoms with Gasteiger partial charge in [0.25, 0.3) is 5.91 Å². The molecule has 208 valence electrons. The van der Waals surface area contributed by atoms with E-state index in [1.54, 1.807) is 36.7 Å². The zero-order chi connectivity index (χ0) is 28.8. The van der Waals surface area contributed by atoms with Crippen molar-refractivity contribution in [2.24, 2.45) is 0 Å². The maximum atomic E-state index is 12.9. The zero-order valence-electron chi connectivity index (χ0n) is 22.2. The van der Waals surface area contributed by atoms with Crippen LogP contribution in [0.3, 0.4) is 0 Å². The fourth-order valence-corrected chi connectivity index (χ4v) is 4.23. The lowest BCUT2D eigenvalue weighted by atomic mass is 10.1. The second-order valence-electron chi connectivity index (χ2n) is 9.62. The first-order valence-electron chi connectivity index (χ1n) is 13.0. The van der Waals surface area contributed by atoms with Gasteiger partial charge in [-0.2, -0.15) is 13.2 Å². The maximum Gasteiger partial charge on any atom is 0.416 e. The molecule has 0 radical (unpaired) electrons. The van der Waals surface area contributed by atoms with Crippen molar-refractivity contribution in [2.75, 3.05) is 48.8 Å². The number of piperazine rings is 1. The molecule has 1 saturated heterocycles. The topological polar surface area (TPSA) is 73.4 Å². The Morgan fingerprint density at radius 2 is 1.46 bits per heavy atom. The minimum atomic E-state index is -4.52. The standard InChI is InChI=1S/C31H27F3N6O/c1-39-15-17-40(18-16-39)28-13-11-27(12-14-28)38-30-35-20-23(21-36-30)6-5-22-7-9-26(10-8-22)37-29(41)24-3-2-4-25(19-24)31(32,33)34/h2-4,7-14,19-21H,15-18H2,1H3,(H,37,41)(H,35,36,38). The number of benzene rings is 3. The number of hydrogen-bond donors (Lipinski definition) is 2. The first-order valence-corrected chi connectivity index (χ1v) is 13.0. The molecule has 0 atom stereocenters. The monoisotopic (exact) mass is 556 g/mol. The van der Waals surface area contributed by atoms with Crippen molar-refractivity contribution in [3.8, 4) is 11.8 Å². The fourth-order valence-electron chi connectivity index (χ4n) is 4.23. The van der Waals surface area contributed by atoms with E-state index in [0.29, 0.717) is 22.8 Å². The molecular weight excluding hydrogens is 529 g/mol. The van der Waals surface area contributed by atoms with Crippen LogP contribution in [0.2, 0.25) is 0 Å². The van der Waals surface area contributed by atoms with Crippen molar-refractivity contribution in [2.45, 2.75) is 6.18 Å². The molecule has 5 rings (SSSR count). The Kier molecular flexibility index (Phi) is 8.17. The second kappa shape index (κ2) is 12.1. The first-order chi connectivity index (χ1) is 19.7. The van der Waals surface area contributed by atoms with Gasteiger partial charge >= 0.3 is 6.18 Å². The molecule has 2 N–H and O–H groups in total. The number of nitrogens with zero attached hydrogens (tertiary/aromatic N) is 4. The van der Waals surface area contributed by atoms with Crippen LogP contribution < -0.4 is 15.5 Å². The van der Waals surface area contributed by atoms with Crippen molar-refractivity contribution in [1.29, 1.82) is 0 Å². The molecule has 2 heterocycles. The third-order valence-electron chi connectivity index (χ3n) is 6.59. The van der Waals surface area contributed by atoms with E-state index in [2.05, 4.69) is 61.4 Å². The molecule has 7 nitrogen and oxygen atoms in total. The summed E-state index contributed by atoms with van der Waals surface area (Å²) in [6.45, 7) is 4.13. The molecule has 0 saturated carbocycles. The number of likely N-dealkylation sites (N-methyl/N-ethyl adjacent to an activating group) is 1. The molecule has 0 bridgehead atoms. The van der Waals surface area contributed by atoms with E-state index in [4.69, 9.17) is 0 Å². The minimum absolute atomic E-state index is 0.0794. The molecule has 1 aliphatic heterocycles. The van der Waals surface area contributed by atoms with E-state index in [0.717, 1.165) is 44.0 Å². The van der Waals surface area contributed by atoms with E-state index in [1.165, 1.54) is 17.8 Å². The number of anilines is 4. The number of amides is 1. The maximum absolute atomic E-state index is 12.9. The number of carbonyl (C=O) groups excluding carboxylic acids is 1. The van der Waals surface area contributed by atoms with Crippen molar-refractivity contribution in [3.05, 3.63) is 107 Å². The molecule has 1 aliphatic rings. The summed E-state index contributed by atoms with van der Waals surface area (Å²) in [6, 6.07) is 19.2. The first kappa shape index (κ1) is 27.7. The van der Waals surface area contributed by atoms with Crippen molar-refractivity contribution in [3.63, 3.8) is 0 Å². The summed E-state index contributed by atoms with van der Waals surface area (Å²) in [5, 5.41) is 5.80. The van der Waals surface area contributed by atoms with E-state index in [1.807, 2.05) is 12.1 Å². The van der Waals surface area contributed by atoms with Crippen molar-refractivity contribution >= 4 is 28.9 Å². The van der Waals surface area contributed by atoms with Crippen LogP contribution in [0.1, 0.15) is 27.0 Å². The lowest BCUT2D eigenvalue weighted by Gasteiger charge is -2.34. The SMILES string of the molecule is CN1CCN(c2ccc(Nc3ncc(C#Cc4ccc(NC(=O)c5cccc(C(F)(F)F)c5)cc4)cn3)cc2)CC1. The van der Waals surface area contributed by atoms with Gasteiger partial charge in [-0.05, 0) is 73.8 Å². The highest BCUT2D eigenvalue weighted by Crippen LogP contribution is 2.29. The summed E-state index contributed by atoms with van der Waals surface area (Å²) in [7, 11) is 2.14. The van der Waals surface area contributed by atoms with Gasteiger partial charge in [0.1, 0.15) is 0 Å². The normalized spacial score (nSPS) is 13.7. The molecule has 1 fully saturated rings. The van der Waals surface area contributed by atoms with Gasteiger partial charge in [0, 0.05) is 66.8 Å². The number of aromatic nitrogens is 2. The Morgan fingerprint density at radius 1 is 0.829 bits per heavy atom. The van der Waals surface area contributed by atoms with Crippen molar-refractivity contribution < 1.29 is 18.0 Å². The molecular formula is C31H27F3N6O. The smallest absolute Gasteiger partial charge is 0.369 e. The van der Waals surface area contributed by atoms with Crippen LogP contribution in [0.25, 0.3) is 0 Å². The molecule has 3 aromatic carbocycles. The molecule has 1 amide bonds. The zero-order valence-corrected chi connectivity index (χ0v) is 22.2. The van der Waals surface area contributed by atoms with Gasteiger partial charge < -0.3 is 20.4 Å². The molecule has 4 aromatic rings. The lowest BCUT2D eigenvalue weighted by Crippen LogP contribution is -2.44. The quantitative estimate of drug-likeness (QED) is 0.310. The highest BCUT2D eigenvalue weighted by Gasteiger charge is 2.30. The van der Waals surface area contributed by atoms with E-state index < -0.39 is 17.6 Å². The van der Waals surface area contributed by atoms with Gasteiger partial charge in [-0.3, -0.25) is 4.79 Å². The molecule has 41 heavy (non-hydrogen) atoms. The molecule has 0 aliphatic carbocycles. The summed E-state index contributed by atoms with van der Waals surface area (Å²) in [5.41, 5.74) is 2.88. The van der Waals surface area contributed by atoms with Crippen LogP contribution in [-0.2, 0) is 6.18 Å². The van der Waals surface area contributed by atoms with Crippen LogP contribution >= 0.6 is 0 Å². The Balaban J connectivity index is 1.15. The van der Waals surface area contributed by atoms with Gasteiger partial charge in [0.2, 0.25) is 5.95 Å². The highest BCUT2D eigenvalue weighted by atomic mass is 19.4. The molecule has 1 aromatic heterocycles. The molecule has 0 unspecified atom stereocenters. The summed E-state index contributed by atoms with van der Waals surface area (Å²) in [4.78, 5) is 25.8. The Morgan fingerprint density at radius 3 is 2.12 bits per heavy atom. The van der Waals surface area contributed by atoms with E-state index in [-0.39, 0.29) is 5.56 Å². The fraction of sp³-hybridized carbons (Fsp3) is 0.194. The van der Waals surface area contributed by atoms with Gasteiger partial charge in [-0.15, -0.1) is 0 Å². The van der Waals surface area contributed by atoms with Gasteiger partial charge in [0.15, 0.2) is 0 Å². The van der Waals surface area contributed by atoms with Crippen LogP contribution in [0.15, 0.2) is 85.2 Å². The number of carbonyl (C=O) groups is 1. The Bertz CT molecular complexity index is 1550. The number of nitrogens with one attached hydrogen (secondary N) is 2. The Labute approximate surface area is 236 Å². The summed E-state index contributed by atoms with van der Waals surface area (Å²) in [5.74, 6) is 5.84. The van der Waals surface area contributed by atoms with Crippen LogP contribution in [0, 0.1) is 11.8 Å². The number of hydrogen-bond acceptors (Lipinski definition) is 6. The van der Waals surface area contributed by atoms with E-state index in [9.17, 15) is 18.0 Å². The van der Waals surface area contributed by atoms with Crippen molar-refractivity contribution in [1.82, 2.24) is 14.9 Å². The predicted molar refractivity (Wildman–Crippen MR) is 153 cm³/mol.